The van der Waals surface area contributed by atoms with Gasteiger partial charge in [-0.15, -0.1) is 11.3 Å². The molecule has 2 fully saturated rings. The highest BCUT2D eigenvalue weighted by Crippen LogP contribution is 2.30. The Balaban J connectivity index is 1.40. The lowest BCUT2D eigenvalue weighted by Crippen LogP contribution is -2.43. The number of halogens is 2. The van der Waals surface area contributed by atoms with Crippen LogP contribution in [0.1, 0.15) is 35.4 Å². The van der Waals surface area contributed by atoms with Crippen LogP contribution in [0.25, 0.3) is 0 Å². The maximum atomic E-state index is 15.2. The summed E-state index contributed by atoms with van der Waals surface area (Å²) >= 11 is 6.96. The first-order valence-electron chi connectivity index (χ1n) is 13.9. The van der Waals surface area contributed by atoms with Crippen LogP contribution >= 0.6 is 22.9 Å². The quantitative estimate of drug-likeness (QED) is 0.251. The number of carboxylic acid groups (broad SMARTS) is 1. The molecule has 5 amide bonds. The van der Waals surface area contributed by atoms with Crippen LogP contribution in [0.3, 0.4) is 0 Å². The van der Waals surface area contributed by atoms with Gasteiger partial charge in [0.1, 0.15) is 24.6 Å². The molecule has 0 unspecified atom stereocenters. The van der Waals surface area contributed by atoms with Crippen molar-refractivity contribution < 1.29 is 47.7 Å². The van der Waals surface area contributed by atoms with Crippen LogP contribution in [0, 0.1) is 5.82 Å². The number of nitrogens with zero attached hydrogens (tertiary/aromatic N) is 3. The first-order valence-corrected chi connectivity index (χ1v) is 15.1. The number of hydrogen-bond acceptors (Lipinski definition) is 10. The summed E-state index contributed by atoms with van der Waals surface area (Å²) in [5.74, 6) is -4.32. The number of imide groups is 1. The van der Waals surface area contributed by atoms with Crippen LogP contribution in [-0.2, 0) is 28.7 Å². The van der Waals surface area contributed by atoms with E-state index in [1.165, 1.54) is 29.2 Å². The van der Waals surface area contributed by atoms with Gasteiger partial charge in [0.15, 0.2) is 0 Å². The zero-order valence-electron chi connectivity index (χ0n) is 23.9. The van der Waals surface area contributed by atoms with Gasteiger partial charge in [0, 0.05) is 18.7 Å². The van der Waals surface area contributed by atoms with Crippen molar-refractivity contribution in [3.8, 4) is 0 Å². The molecule has 2 saturated heterocycles. The molecule has 0 radical (unpaired) electrons. The van der Waals surface area contributed by atoms with Crippen molar-refractivity contribution in [2.75, 3.05) is 49.2 Å². The molecule has 2 aliphatic heterocycles. The van der Waals surface area contributed by atoms with E-state index in [9.17, 15) is 33.9 Å². The van der Waals surface area contributed by atoms with Crippen molar-refractivity contribution in [3.63, 3.8) is 0 Å². The predicted molar refractivity (Wildman–Crippen MR) is 160 cm³/mol. The number of carboxylic acids is 1. The maximum Gasteiger partial charge on any atom is 0.414 e. The first-order chi connectivity index (χ1) is 21.4. The summed E-state index contributed by atoms with van der Waals surface area (Å²) in [6.45, 7) is 0.149. The number of unbranched alkanes of at least 4 members (excludes halogenated alkanes) is 1. The minimum atomic E-state index is -1.24. The molecule has 0 spiro atoms. The number of carbonyl (C=O) groups is 6. The molecule has 1 aromatic carbocycles. The molecule has 17 heteroatoms. The number of rotatable bonds is 14. The molecule has 0 saturated carbocycles. The Morgan fingerprint density at radius 2 is 1.96 bits per heavy atom. The van der Waals surface area contributed by atoms with Crippen LogP contribution < -0.4 is 20.9 Å². The van der Waals surface area contributed by atoms with Gasteiger partial charge in [-0.1, -0.05) is 11.6 Å². The average molecular weight is 668 g/mol. The number of nitrogens with two attached hydrogens (primary N) is 1. The number of morpholine rings is 1. The number of amides is 5. The smallest absolute Gasteiger partial charge is 0.414 e. The molecular formula is C28H31ClFN5O9S. The molecule has 0 bridgehead atoms. The Labute approximate surface area is 265 Å². The van der Waals surface area contributed by atoms with Gasteiger partial charge in [-0.25, -0.2) is 9.18 Å². The number of cyclic esters (lactones) is 1. The molecule has 4 N–H and O–H groups in total. The number of anilines is 2. The molecular weight excluding hydrogens is 637 g/mol. The Hall–Kier alpha value is -4.12. The molecule has 1 aromatic heterocycles. The zero-order chi connectivity index (χ0) is 32.7. The number of primary amides is 1. The number of thiophene rings is 1. The topological polar surface area (TPSA) is 189 Å². The van der Waals surface area contributed by atoms with E-state index in [0.29, 0.717) is 23.1 Å². The summed E-state index contributed by atoms with van der Waals surface area (Å²) in [6, 6.07) is 5.80. The molecule has 2 aromatic rings. The molecule has 0 aliphatic carbocycles. The van der Waals surface area contributed by atoms with Crippen molar-refractivity contribution in [3.05, 3.63) is 45.4 Å². The van der Waals surface area contributed by atoms with E-state index in [1.54, 1.807) is 0 Å². The number of carbonyl (C=O) groups excluding carboxylic acids is 5. The van der Waals surface area contributed by atoms with Crippen molar-refractivity contribution in [2.24, 2.45) is 5.73 Å². The summed E-state index contributed by atoms with van der Waals surface area (Å²) in [5, 5.41) is 11.9. The van der Waals surface area contributed by atoms with E-state index in [0.717, 1.165) is 27.2 Å². The lowest BCUT2D eigenvalue weighted by molar-refractivity contribution is -0.141. The molecule has 242 valence electrons. The number of ether oxygens (including phenoxy) is 2. The highest BCUT2D eigenvalue weighted by molar-refractivity contribution is 7.18. The standard InChI is InChI=1S/C28H31ClFN5O9S/c29-22-7-6-21(45-22)26(39)35(24(37)3-1-2-8-32-19(27(40)41)12-23(31)36)14-17-13-34(28(42)44-17)20-5-4-16(11-18(20)30)33-9-10-43-15-25(33)38/h4-7,11,17,19,32H,1-3,8-10,12-15H2,(H2,31,36)(H,40,41)/t17-,19+/m1/s1. The number of hydrogen-bond donors (Lipinski definition) is 3. The van der Waals surface area contributed by atoms with E-state index < -0.39 is 54.2 Å². The molecule has 14 nitrogen and oxygen atoms in total. The van der Waals surface area contributed by atoms with Crippen molar-refractivity contribution in [1.82, 2.24) is 10.2 Å². The fourth-order valence-corrected chi connectivity index (χ4v) is 5.80. The van der Waals surface area contributed by atoms with E-state index in [-0.39, 0.29) is 62.1 Å². The van der Waals surface area contributed by atoms with Gasteiger partial charge in [-0.05, 0) is 49.7 Å². The number of nitrogens with one attached hydrogen (secondary N) is 1. The minimum absolute atomic E-state index is 0.0929. The van der Waals surface area contributed by atoms with Crippen molar-refractivity contribution in [2.45, 2.75) is 37.8 Å². The Kier molecular flexibility index (Phi) is 11.4. The third kappa shape index (κ3) is 8.75. The van der Waals surface area contributed by atoms with Crippen LogP contribution in [0.15, 0.2) is 30.3 Å². The van der Waals surface area contributed by atoms with E-state index >= 15 is 4.39 Å². The summed E-state index contributed by atoms with van der Waals surface area (Å²) < 4.78 is 26.0. The van der Waals surface area contributed by atoms with Crippen LogP contribution in [-0.4, -0.2) is 97.2 Å². The number of aliphatic carboxylic acids is 1. The second-order valence-electron chi connectivity index (χ2n) is 10.2. The molecule has 45 heavy (non-hydrogen) atoms. The first kappa shape index (κ1) is 33.8. The summed E-state index contributed by atoms with van der Waals surface area (Å²) in [4.78, 5) is 77.4. The van der Waals surface area contributed by atoms with Crippen molar-refractivity contribution in [1.29, 1.82) is 0 Å². The summed E-state index contributed by atoms with van der Waals surface area (Å²) in [6.07, 6.45) is -1.72. The Morgan fingerprint density at radius 1 is 1.18 bits per heavy atom. The van der Waals surface area contributed by atoms with Gasteiger partial charge >= 0.3 is 12.1 Å². The fraction of sp³-hybridized carbons (Fsp3) is 0.429. The van der Waals surface area contributed by atoms with Crippen LogP contribution in [0.4, 0.5) is 20.6 Å². The second-order valence-corrected chi connectivity index (χ2v) is 12.0. The second kappa shape index (κ2) is 15.2. The van der Waals surface area contributed by atoms with Gasteiger partial charge in [-0.2, -0.15) is 0 Å². The number of benzene rings is 1. The largest absolute Gasteiger partial charge is 0.480 e. The maximum absolute atomic E-state index is 15.2. The Bertz CT molecular complexity index is 1470. The van der Waals surface area contributed by atoms with Gasteiger partial charge in [0.2, 0.25) is 11.8 Å². The normalized spacial score (nSPS) is 17.2. The predicted octanol–water partition coefficient (Wildman–Crippen LogP) is 1.99. The lowest BCUT2D eigenvalue weighted by Gasteiger charge is -2.27. The zero-order valence-corrected chi connectivity index (χ0v) is 25.5. The SMILES string of the molecule is NC(=O)C[C@H](NCCCCC(=O)N(C[C@H]1CN(c2ccc(N3CCOCC3=O)cc2F)C(=O)O1)C(=O)c1ccc(Cl)s1)C(=O)O. The lowest BCUT2D eigenvalue weighted by atomic mass is 10.1. The average Bonchev–Trinajstić information content (AvgIpc) is 3.59. The third-order valence-corrected chi connectivity index (χ3v) is 8.24. The van der Waals surface area contributed by atoms with Gasteiger partial charge in [-0.3, -0.25) is 33.8 Å². The van der Waals surface area contributed by atoms with Gasteiger partial charge < -0.3 is 30.5 Å². The van der Waals surface area contributed by atoms with Crippen LogP contribution in [0.2, 0.25) is 4.34 Å². The van der Waals surface area contributed by atoms with E-state index in [4.69, 9.17) is 26.8 Å². The minimum Gasteiger partial charge on any atom is -0.480 e. The highest BCUT2D eigenvalue weighted by Gasteiger charge is 2.38. The van der Waals surface area contributed by atoms with Crippen LogP contribution in [0.5, 0.6) is 0 Å². The summed E-state index contributed by atoms with van der Waals surface area (Å²) in [5.41, 5.74) is 5.29. The highest BCUT2D eigenvalue weighted by atomic mass is 35.5. The molecule has 2 aliphatic rings. The fourth-order valence-electron chi connectivity index (χ4n) is 4.81. The monoisotopic (exact) mass is 667 g/mol. The molecule has 2 atom stereocenters. The summed E-state index contributed by atoms with van der Waals surface area (Å²) in [7, 11) is 0. The Morgan fingerprint density at radius 3 is 2.60 bits per heavy atom. The van der Waals surface area contributed by atoms with Gasteiger partial charge in [0.25, 0.3) is 11.8 Å². The van der Waals surface area contributed by atoms with Gasteiger partial charge in [0.05, 0.1) is 41.0 Å². The van der Waals surface area contributed by atoms with Crippen molar-refractivity contribution >= 4 is 70.0 Å². The van der Waals surface area contributed by atoms with E-state index in [1.807, 2.05) is 0 Å². The molecule has 3 heterocycles. The third-order valence-electron chi connectivity index (χ3n) is 7.02. The molecule has 4 rings (SSSR count). The van der Waals surface area contributed by atoms with E-state index in [2.05, 4.69) is 5.32 Å².